The summed E-state index contributed by atoms with van der Waals surface area (Å²) >= 11 is 6.01. The predicted octanol–water partition coefficient (Wildman–Crippen LogP) is 3.69. The molecule has 3 rings (SSSR count). The predicted molar refractivity (Wildman–Crippen MR) is 108 cm³/mol. The van der Waals surface area contributed by atoms with E-state index in [1.165, 1.54) is 5.56 Å². The summed E-state index contributed by atoms with van der Waals surface area (Å²) in [6, 6.07) is 17.7. The van der Waals surface area contributed by atoms with E-state index >= 15 is 0 Å². The van der Waals surface area contributed by atoms with Crippen molar-refractivity contribution in [3.63, 3.8) is 0 Å². The van der Waals surface area contributed by atoms with Crippen LogP contribution in [0.25, 0.3) is 11.4 Å². The molecule has 0 aliphatic carbocycles. The number of hydrogen-bond acceptors (Lipinski definition) is 4. The first-order chi connectivity index (χ1) is 13.2. The summed E-state index contributed by atoms with van der Waals surface area (Å²) in [5.74, 6) is 1.67. The lowest BCUT2D eigenvalue weighted by Gasteiger charge is -2.10. The van der Waals surface area contributed by atoms with Gasteiger partial charge in [0.15, 0.2) is 5.96 Å². The van der Waals surface area contributed by atoms with Crippen molar-refractivity contribution in [2.45, 2.75) is 19.9 Å². The van der Waals surface area contributed by atoms with E-state index in [0.29, 0.717) is 23.3 Å². The third-order valence-corrected chi connectivity index (χ3v) is 4.05. The smallest absolute Gasteiger partial charge is 0.248 e. The highest BCUT2D eigenvalue weighted by Gasteiger charge is 2.09. The van der Waals surface area contributed by atoms with Crippen LogP contribution >= 0.6 is 11.6 Å². The molecule has 27 heavy (non-hydrogen) atoms. The Morgan fingerprint density at radius 3 is 2.74 bits per heavy atom. The van der Waals surface area contributed by atoms with Crippen LogP contribution in [0, 0.1) is 0 Å². The third kappa shape index (κ3) is 5.82. The van der Waals surface area contributed by atoms with Gasteiger partial charge in [-0.1, -0.05) is 59.2 Å². The number of nitrogens with one attached hydrogen (secondary N) is 2. The molecule has 3 aromatic rings. The highest BCUT2D eigenvalue weighted by molar-refractivity contribution is 6.30. The van der Waals surface area contributed by atoms with Gasteiger partial charge in [0.05, 0.1) is 0 Å². The molecule has 0 unspecified atom stereocenters. The number of aromatic nitrogens is 2. The summed E-state index contributed by atoms with van der Waals surface area (Å²) in [6.07, 6.45) is 0.921. The van der Waals surface area contributed by atoms with Crippen LogP contribution in [-0.2, 0) is 13.0 Å². The van der Waals surface area contributed by atoms with Crippen molar-refractivity contribution in [2.75, 3.05) is 13.1 Å². The van der Waals surface area contributed by atoms with Crippen molar-refractivity contribution in [3.8, 4) is 11.4 Å². The molecule has 0 spiro atoms. The second-order valence-electron chi connectivity index (χ2n) is 5.88. The first-order valence-corrected chi connectivity index (χ1v) is 9.27. The molecule has 0 amide bonds. The molecular weight excluding hydrogens is 362 g/mol. The second-order valence-corrected chi connectivity index (χ2v) is 6.32. The molecule has 0 aliphatic heterocycles. The summed E-state index contributed by atoms with van der Waals surface area (Å²) in [6.45, 7) is 3.88. The molecule has 0 atom stereocenters. The average Bonchev–Trinajstić information content (AvgIpc) is 3.16. The van der Waals surface area contributed by atoms with Gasteiger partial charge in [0, 0.05) is 23.7 Å². The number of nitrogens with zero attached hydrogens (tertiary/aromatic N) is 3. The Kier molecular flexibility index (Phi) is 6.82. The monoisotopic (exact) mass is 383 g/mol. The maximum absolute atomic E-state index is 6.01. The molecule has 0 fully saturated rings. The highest BCUT2D eigenvalue weighted by Crippen LogP contribution is 2.20. The summed E-state index contributed by atoms with van der Waals surface area (Å²) in [5.41, 5.74) is 2.10. The minimum atomic E-state index is 0.300. The van der Waals surface area contributed by atoms with Crippen LogP contribution < -0.4 is 10.6 Å². The first kappa shape index (κ1) is 18.9. The summed E-state index contributed by atoms with van der Waals surface area (Å²) < 4.78 is 5.29. The minimum absolute atomic E-state index is 0.300. The lowest BCUT2D eigenvalue weighted by atomic mass is 10.1. The molecule has 2 aromatic carbocycles. The van der Waals surface area contributed by atoms with Gasteiger partial charge in [-0.05, 0) is 31.0 Å². The van der Waals surface area contributed by atoms with Gasteiger partial charge < -0.3 is 15.2 Å². The topological polar surface area (TPSA) is 75.3 Å². The minimum Gasteiger partial charge on any atom is -0.357 e. The molecule has 1 heterocycles. The normalized spacial score (nSPS) is 11.4. The zero-order chi connectivity index (χ0) is 18.9. The summed E-state index contributed by atoms with van der Waals surface area (Å²) in [7, 11) is 0. The fourth-order valence-electron chi connectivity index (χ4n) is 2.52. The van der Waals surface area contributed by atoms with Crippen molar-refractivity contribution in [3.05, 3.63) is 71.1 Å². The first-order valence-electron chi connectivity index (χ1n) is 8.89. The van der Waals surface area contributed by atoms with E-state index in [1.807, 2.05) is 37.3 Å². The maximum atomic E-state index is 6.01. The molecule has 1 aromatic heterocycles. The largest absolute Gasteiger partial charge is 0.357 e. The van der Waals surface area contributed by atoms with Gasteiger partial charge in [-0.25, -0.2) is 4.99 Å². The van der Waals surface area contributed by atoms with Crippen LogP contribution in [0.1, 0.15) is 18.4 Å². The molecule has 140 valence electrons. The van der Waals surface area contributed by atoms with E-state index in [2.05, 4.69) is 37.9 Å². The number of rotatable bonds is 7. The Bertz CT molecular complexity index is 879. The Labute approximate surface area is 163 Å². The highest BCUT2D eigenvalue weighted by atomic mass is 35.5. The van der Waals surface area contributed by atoms with Gasteiger partial charge in [-0.3, -0.25) is 0 Å². The van der Waals surface area contributed by atoms with Crippen molar-refractivity contribution in [1.29, 1.82) is 0 Å². The molecule has 0 aliphatic rings. The van der Waals surface area contributed by atoms with Crippen LogP contribution in [-0.4, -0.2) is 29.2 Å². The van der Waals surface area contributed by atoms with Gasteiger partial charge in [-0.15, -0.1) is 0 Å². The average molecular weight is 384 g/mol. The summed E-state index contributed by atoms with van der Waals surface area (Å²) in [4.78, 5) is 8.89. The summed E-state index contributed by atoms with van der Waals surface area (Å²) in [5, 5.41) is 11.2. The van der Waals surface area contributed by atoms with Crippen molar-refractivity contribution >= 4 is 17.6 Å². The third-order valence-electron chi connectivity index (χ3n) is 3.82. The fourth-order valence-corrected chi connectivity index (χ4v) is 2.71. The number of guanidine groups is 1. The van der Waals surface area contributed by atoms with Gasteiger partial charge in [0.25, 0.3) is 0 Å². The van der Waals surface area contributed by atoms with Crippen LogP contribution in [0.3, 0.4) is 0 Å². The Balaban J connectivity index is 1.58. The molecule has 6 nitrogen and oxygen atoms in total. The van der Waals surface area contributed by atoms with Crippen LogP contribution in [0.5, 0.6) is 0 Å². The van der Waals surface area contributed by atoms with E-state index in [9.17, 15) is 0 Å². The molecule has 2 N–H and O–H groups in total. The molecule has 7 heteroatoms. The van der Waals surface area contributed by atoms with Gasteiger partial charge in [-0.2, -0.15) is 4.98 Å². The van der Waals surface area contributed by atoms with Crippen LogP contribution in [0.15, 0.2) is 64.1 Å². The van der Waals surface area contributed by atoms with E-state index in [4.69, 9.17) is 16.1 Å². The Morgan fingerprint density at radius 1 is 1.11 bits per heavy atom. The van der Waals surface area contributed by atoms with Gasteiger partial charge in [0.2, 0.25) is 11.7 Å². The number of benzene rings is 2. The molecular formula is C20H22ClN5O. The van der Waals surface area contributed by atoms with Gasteiger partial charge in [0.1, 0.15) is 6.54 Å². The fraction of sp³-hybridized carbons (Fsp3) is 0.250. The number of aliphatic imine (C=N–C) groups is 1. The lowest BCUT2D eigenvalue weighted by molar-refractivity contribution is 0.380. The zero-order valence-corrected chi connectivity index (χ0v) is 15.9. The van der Waals surface area contributed by atoms with E-state index < -0.39 is 0 Å². The zero-order valence-electron chi connectivity index (χ0n) is 15.2. The van der Waals surface area contributed by atoms with E-state index in [0.717, 1.165) is 31.0 Å². The van der Waals surface area contributed by atoms with E-state index in [1.54, 1.807) is 12.1 Å². The quantitative estimate of drug-likeness (QED) is 0.480. The van der Waals surface area contributed by atoms with Crippen molar-refractivity contribution in [1.82, 2.24) is 20.8 Å². The van der Waals surface area contributed by atoms with Crippen LogP contribution in [0.4, 0.5) is 0 Å². The SMILES string of the molecule is CCNC(=NCc1nc(-c2cccc(Cl)c2)no1)NCCc1ccccc1. The Morgan fingerprint density at radius 2 is 1.96 bits per heavy atom. The molecule has 0 saturated carbocycles. The molecule has 0 radical (unpaired) electrons. The van der Waals surface area contributed by atoms with Crippen molar-refractivity contribution in [2.24, 2.45) is 4.99 Å². The molecule has 0 saturated heterocycles. The molecule has 0 bridgehead atoms. The van der Waals surface area contributed by atoms with E-state index in [-0.39, 0.29) is 0 Å². The number of halogens is 1. The second kappa shape index (κ2) is 9.73. The standard InChI is InChI=1S/C20H22ClN5O/c1-2-22-20(23-12-11-15-7-4-3-5-8-15)24-14-18-25-19(26-27-18)16-9-6-10-17(21)13-16/h3-10,13H,2,11-12,14H2,1H3,(H2,22,23,24). The lowest BCUT2D eigenvalue weighted by Crippen LogP contribution is -2.38. The Hall–Kier alpha value is -2.86. The van der Waals surface area contributed by atoms with Gasteiger partial charge >= 0.3 is 0 Å². The van der Waals surface area contributed by atoms with Crippen LogP contribution in [0.2, 0.25) is 5.02 Å². The van der Waals surface area contributed by atoms with Crippen molar-refractivity contribution < 1.29 is 4.52 Å². The maximum Gasteiger partial charge on any atom is 0.248 e. The number of hydrogen-bond donors (Lipinski definition) is 2.